The van der Waals surface area contributed by atoms with E-state index in [9.17, 15) is 4.79 Å². The molecule has 21 heavy (non-hydrogen) atoms. The van der Waals surface area contributed by atoms with Crippen molar-refractivity contribution in [2.24, 2.45) is 0 Å². The van der Waals surface area contributed by atoms with E-state index in [2.05, 4.69) is 15.5 Å². The maximum Gasteiger partial charge on any atom is 0.274 e. The minimum absolute atomic E-state index is 0.220. The molecule has 0 unspecified atom stereocenters. The Hall–Kier alpha value is -1.56. The van der Waals surface area contributed by atoms with Crippen molar-refractivity contribution in [3.05, 3.63) is 11.4 Å². The van der Waals surface area contributed by atoms with Gasteiger partial charge in [-0.25, -0.2) is 0 Å². The Morgan fingerprint density at radius 3 is 2.76 bits per heavy atom. The Labute approximate surface area is 124 Å². The number of nitrogen functional groups attached to an aromatic ring is 1. The quantitative estimate of drug-likeness (QED) is 0.699. The van der Waals surface area contributed by atoms with Gasteiger partial charge in [0.05, 0.1) is 24.1 Å². The largest absolute Gasteiger partial charge is 0.395 e. The minimum atomic E-state index is -0.220. The lowest BCUT2D eigenvalue weighted by atomic mass is 9.98. The molecule has 1 aromatic rings. The van der Waals surface area contributed by atoms with Crippen molar-refractivity contribution < 1.29 is 9.53 Å². The van der Waals surface area contributed by atoms with E-state index in [0.29, 0.717) is 36.6 Å². The number of rotatable bonds is 6. The van der Waals surface area contributed by atoms with E-state index in [1.54, 1.807) is 0 Å². The van der Waals surface area contributed by atoms with Crippen LogP contribution in [-0.2, 0) is 4.74 Å². The Kier molecular flexibility index (Phi) is 4.43. The van der Waals surface area contributed by atoms with Crippen LogP contribution >= 0.6 is 0 Å². The van der Waals surface area contributed by atoms with Gasteiger partial charge >= 0.3 is 0 Å². The van der Waals surface area contributed by atoms with Crippen molar-refractivity contribution in [1.82, 2.24) is 15.5 Å². The Morgan fingerprint density at radius 1 is 1.29 bits per heavy atom. The molecule has 1 aromatic heterocycles. The fraction of sp³-hybridized carbons (Fsp3) is 0.733. The molecular formula is C15H24N4O2. The fourth-order valence-corrected chi connectivity index (χ4v) is 2.93. The summed E-state index contributed by atoms with van der Waals surface area (Å²) in [4.78, 5) is 12.0. The average Bonchev–Trinajstić information content (AvgIpc) is 3.27. The lowest BCUT2D eigenvalue weighted by Crippen LogP contribution is -2.30. The molecule has 0 aromatic carbocycles. The second kappa shape index (κ2) is 6.47. The van der Waals surface area contributed by atoms with Crippen molar-refractivity contribution in [1.29, 1.82) is 0 Å². The number of anilines is 1. The number of aromatic amines is 1. The molecule has 0 atom stereocenters. The molecule has 0 radical (unpaired) electrons. The Bertz CT molecular complexity index is 490. The molecule has 0 bridgehead atoms. The highest BCUT2D eigenvalue weighted by Crippen LogP contribution is 2.42. The number of hydrogen-bond donors (Lipinski definition) is 3. The van der Waals surface area contributed by atoms with Gasteiger partial charge in [0.1, 0.15) is 0 Å². The first-order valence-corrected chi connectivity index (χ1v) is 7.99. The fourth-order valence-electron chi connectivity index (χ4n) is 2.93. The van der Waals surface area contributed by atoms with Gasteiger partial charge in [-0.15, -0.1) is 0 Å². The molecule has 6 nitrogen and oxygen atoms in total. The number of hydrogen-bond acceptors (Lipinski definition) is 4. The number of nitrogens with two attached hydrogens (primary N) is 1. The summed E-state index contributed by atoms with van der Waals surface area (Å²) in [5, 5.41) is 9.76. The molecule has 4 N–H and O–H groups in total. The normalized spacial score (nSPS) is 19.6. The molecule has 2 fully saturated rings. The Balaban J connectivity index is 1.41. The van der Waals surface area contributed by atoms with Crippen molar-refractivity contribution in [2.45, 2.75) is 57.0 Å². The zero-order chi connectivity index (χ0) is 14.7. The first-order valence-electron chi connectivity index (χ1n) is 7.99. The lowest BCUT2D eigenvalue weighted by Gasteiger charge is -2.21. The van der Waals surface area contributed by atoms with E-state index in [1.807, 2.05) is 0 Å². The monoisotopic (exact) mass is 292 g/mol. The van der Waals surface area contributed by atoms with Gasteiger partial charge in [0.2, 0.25) is 0 Å². The van der Waals surface area contributed by atoms with Crippen LogP contribution in [0.4, 0.5) is 5.69 Å². The van der Waals surface area contributed by atoms with Crippen LogP contribution < -0.4 is 11.1 Å². The molecule has 0 saturated heterocycles. The van der Waals surface area contributed by atoms with Crippen molar-refractivity contribution in [3.63, 3.8) is 0 Å². The van der Waals surface area contributed by atoms with Gasteiger partial charge in [0.15, 0.2) is 5.69 Å². The van der Waals surface area contributed by atoms with Crippen LogP contribution in [-0.4, -0.2) is 35.4 Å². The topological polar surface area (TPSA) is 93.0 Å². The third kappa shape index (κ3) is 3.56. The van der Waals surface area contributed by atoms with Crippen molar-refractivity contribution >= 4 is 11.6 Å². The van der Waals surface area contributed by atoms with E-state index in [-0.39, 0.29) is 5.91 Å². The molecular weight excluding hydrogens is 268 g/mol. The van der Waals surface area contributed by atoms with Gasteiger partial charge in [-0.2, -0.15) is 5.10 Å². The van der Waals surface area contributed by atoms with Crippen LogP contribution in [0.1, 0.15) is 67.0 Å². The molecule has 1 amide bonds. The first kappa shape index (κ1) is 14.4. The number of carbonyl (C=O) groups is 1. The van der Waals surface area contributed by atoms with E-state index in [0.717, 1.165) is 31.4 Å². The van der Waals surface area contributed by atoms with E-state index in [1.165, 1.54) is 19.3 Å². The second-order valence-electron chi connectivity index (χ2n) is 6.06. The molecule has 0 aliphatic heterocycles. The van der Waals surface area contributed by atoms with Gasteiger partial charge in [-0.3, -0.25) is 9.89 Å². The molecule has 2 saturated carbocycles. The summed E-state index contributed by atoms with van der Waals surface area (Å²) >= 11 is 0. The van der Waals surface area contributed by atoms with E-state index >= 15 is 0 Å². The van der Waals surface area contributed by atoms with Crippen LogP contribution in [0, 0.1) is 0 Å². The molecule has 2 aliphatic carbocycles. The molecule has 0 spiro atoms. The summed E-state index contributed by atoms with van der Waals surface area (Å²) in [6.45, 7) is 1.05. The predicted molar refractivity (Wildman–Crippen MR) is 80.1 cm³/mol. The van der Waals surface area contributed by atoms with E-state index in [4.69, 9.17) is 10.5 Å². The smallest absolute Gasteiger partial charge is 0.274 e. The minimum Gasteiger partial charge on any atom is -0.395 e. The first-order chi connectivity index (χ1) is 10.3. The summed E-state index contributed by atoms with van der Waals surface area (Å²) < 4.78 is 5.78. The maximum absolute atomic E-state index is 12.0. The highest BCUT2D eigenvalue weighted by atomic mass is 16.5. The summed E-state index contributed by atoms with van der Waals surface area (Å²) in [5.74, 6) is 0.247. The molecule has 2 aliphatic rings. The summed E-state index contributed by atoms with van der Waals surface area (Å²) in [6.07, 6.45) is 8.74. The second-order valence-corrected chi connectivity index (χ2v) is 6.06. The average molecular weight is 292 g/mol. The summed E-state index contributed by atoms with van der Waals surface area (Å²) in [7, 11) is 0. The third-order valence-corrected chi connectivity index (χ3v) is 4.33. The highest BCUT2D eigenvalue weighted by Gasteiger charge is 2.30. The van der Waals surface area contributed by atoms with Crippen LogP contribution in [0.15, 0.2) is 0 Å². The number of nitrogens with zero attached hydrogens (tertiary/aromatic N) is 1. The molecule has 3 rings (SSSR count). The highest BCUT2D eigenvalue weighted by molar-refractivity contribution is 5.97. The van der Waals surface area contributed by atoms with Crippen LogP contribution in [0.25, 0.3) is 0 Å². The standard InChI is InChI=1S/C15H24N4O2/c16-12-13(10-6-7-10)18-19-14(12)15(20)17-8-9-21-11-4-2-1-3-5-11/h10-11H,1-9,16H2,(H,17,20)(H,18,19). The number of aromatic nitrogens is 2. The molecule has 1 heterocycles. The lowest BCUT2D eigenvalue weighted by molar-refractivity contribution is 0.0299. The van der Waals surface area contributed by atoms with Crippen LogP contribution in [0.2, 0.25) is 0 Å². The number of carbonyl (C=O) groups excluding carboxylic acids is 1. The number of nitrogens with one attached hydrogen (secondary N) is 2. The maximum atomic E-state index is 12.0. The SMILES string of the molecule is Nc1c(C(=O)NCCOC2CCCCC2)n[nH]c1C1CC1. The van der Waals surface area contributed by atoms with Crippen LogP contribution in [0.5, 0.6) is 0 Å². The predicted octanol–water partition coefficient (Wildman–Crippen LogP) is 1.95. The zero-order valence-electron chi connectivity index (χ0n) is 12.4. The van der Waals surface area contributed by atoms with Crippen molar-refractivity contribution in [3.8, 4) is 0 Å². The molecule has 6 heteroatoms. The van der Waals surface area contributed by atoms with Gasteiger partial charge in [0.25, 0.3) is 5.91 Å². The van der Waals surface area contributed by atoms with Gasteiger partial charge in [-0.05, 0) is 25.7 Å². The number of H-pyrrole nitrogens is 1. The summed E-state index contributed by atoms with van der Waals surface area (Å²) in [6, 6.07) is 0. The number of ether oxygens (including phenoxy) is 1. The zero-order valence-corrected chi connectivity index (χ0v) is 12.4. The third-order valence-electron chi connectivity index (χ3n) is 4.33. The number of amides is 1. The van der Waals surface area contributed by atoms with E-state index < -0.39 is 0 Å². The van der Waals surface area contributed by atoms with Gasteiger partial charge < -0.3 is 15.8 Å². The van der Waals surface area contributed by atoms with Crippen LogP contribution in [0.3, 0.4) is 0 Å². The van der Waals surface area contributed by atoms with Gasteiger partial charge in [-0.1, -0.05) is 19.3 Å². The summed E-state index contributed by atoms with van der Waals surface area (Å²) in [5.41, 5.74) is 7.71. The van der Waals surface area contributed by atoms with Gasteiger partial charge in [0, 0.05) is 12.5 Å². The van der Waals surface area contributed by atoms with Crippen molar-refractivity contribution in [2.75, 3.05) is 18.9 Å². The Morgan fingerprint density at radius 2 is 2.05 bits per heavy atom. The molecule has 116 valence electrons.